The van der Waals surface area contributed by atoms with Crippen molar-refractivity contribution in [3.8, 4) is 0 Å². The summed E-state index contributed by atoms with van der Waals surface area (Å²) in [6.45, 7) is 1.79. The van der Waals surface area contributed by atoms with Crippen molar-refractivity contribution in [3.63, 3.8) is 0 Å². The van der Waals surface area contributed by atoms with E-state index in [9.17, 15) is 61.0 Å². The van der Waals surface area contributed by atoms with Crippen LogP contribution in [0.2, 0.25) is 0 Å². The molecule has 0 saturated carbocycles. The topological polar surface area (TPSA) is 307 Å². The first kappa shape index (κ1) is 106. The lowest BCUT2D eigenvalue weighted by molar-refractivity contribution is -0.379. The summed E-state index contributed by atoms with van der Waals surface area (Å²) in [5.74, 6) is -0.280. The molecule has 12 N–H and O–H groups in total. The molecule has 0 bridgehead atoms. The summed E-state index contributed by atoms with van der Waals surface area (Å²) in [4.78, 5) is 13.5. The van der Waals surface area contributed by atoms with Gasteiger partial charge in [-0.25, -0.2) is 0 Å². The second-order valence-corrected chi connectivity index (χ2v) is 34.5. The van der Waals surface area contributed by atoms with Gasteiger partial charge in [-0.3, -0.25) is 4.79 Å². The molecule has 0 radical (unpaired) electrons. The summed E-state index contributed by atoms with van der Waals surface area (Å²) < 4.78 is 34.5. The zero-order valence-electron chi connectivity index (χ0n) is 72.8. The lowest BCUT2D eigenvalue weighted by Gasteiger charge is -2.48. The van der Waals surface area contributed by atoms with Crippen molar-refractivity contribution in [3.05, 3.63) is 36.5 Å². The predicted molar refractivity (Wildman–Crippen MR) is 462 cm³/mol. The van der Waals surface area contributed by atoms with E-state index in [1.54, 1.807) is 6.08 Å². The Balaban J connectivity index is 1.30. The number of amides is 1. The largest absolute Gasteiger partial charge is 0.394 e. The zero-order chi connectivity index (χ0) is 82.4. The molecule has 0 aliphatic carbocycles. The maximum absolute atomic E-state index is 13.5. The van der Waals surface area contributed by atoms with Gasteiger partial charge in [0.2, 0.25) is 5.91 Å². The molecule has 0 aromatic carbocycles. The Morgan fingerprint density at radius 2 is 0.561 bits per heavy atom. The average Bonchev–Trinajstić information content (AvgIpc) is 0.784. The number of allylic oxidation sites excluding steroid dienone is 5. The summed E-state index contributed by atoms with van der Waals surface area (Å²) in [5, 5.41) is 121. The fourth-order valence-corrected chi connectivity index (χ4v) is 16.5. The minimum absolute atomic E-state index is 0.237. The third kappa shape index (κ3) is 52.4. The maximum Gasteiger partial charge on any atom is 0.220 e. The summed E-state index contributed by atoms with van der Waals surface area (Å²) in [6.07, 6.45) is 70.5. The number of carbonyl (C=O) groups is 1. The fourth-order valence-electron chi connectivity index (χ4n) is 16.5. The molecule has 0 aromatic heterocycles. The van der Waals surface area contributed by atoms with Gasteiger partial charge in [-0.05, 0) is 44.9 Å². The fraction of sp³-hybridized carbons (Fsp3) is 0.926. The molecule has 3 aliphatic rings. The first-order chi connectivity index (χ1) is 55.8. The van der Waals surface area contributed by atoms with E-state index < -0.39 is 124 Å². The van der Waals surface area contributed by atoms with E-state index >= 15 is 0 Å². The first-order valence-corrected chi connectivity index (χ1v) is 48.2. The van der Waals surface area contributed by atoms with E-state index in [-0.39, 0.29) is 18.9 Å². The molecule has 17 unspecified atom stereocenters. The van der Waals surface area contributed by atoms with Crippen LogP contribution in [0.4, 0.5) is 0 Å². The van der Waals surface area contributed by atoms with Crippen LogP contribution in [0.3, 0.4) is 0 Å². The molecule has 17 atom stereocenters. The number of ether oxygens (including phenoxy) is 6. The van der Waals surface area contributed by atoms with Crippen LogP contribution in [0.25, 0.3) is 0 Å². The third-order valence-electron chi connectivity index (χ3n) is 24.2. The summed E-state index contributed by atoms with van der Waals surface area (Å²) in [6, 6.07) is -0.997. The van der Waals surface area contributed by atoms with E-state index in [1.165, 1.54) is 353 Å². The van der Waals surface area contributed by atoms with Crippen LogP contribution in [-0.4, -0.2) is 193 Å². The predicted octanol–water partition coefficient (Wildman–Crippen LogP) is 19.4. The number of unbranched alkanes of at least 4 members (excludes halogenated alkanes) is 60. The van der Waals surface area contributed by atoms with E-state index in [0.29, 0.717) is 12.8 Å². The lowest BCUT2D eigenvalue weighted by atomic mass is 9.96. The molecule has 672 valence electrons. The zero-order valence-corrected chi connectivity index (χ0v) is 72.8. The van der Waals surface area contributed by atoms with Crippen molar-refractivity contribution in [1.82, 2.24) is 5.32 Å². The van der Waals surface area contributed by atoms with Crippen LogP contribution in [-0.2, 0) is 33.2 Å². The van der Waals surface area contributed by atoms with Gasteiger partial charge in [-0.1, -0.05) is 416 Å². The van der Waals surface area contributed by atoms with Crippen LogP contribution in [0.15, 0.2) is 36.5 Å². The van der Waals surface area contributed by atoms with Crippen LogP contribution in [0.5, 0.6) is 0 Å². The van der Waals surface area contributed by atoms with Gasteiger partial charge >= 0.3 is 0 Å². The number of hydrogen-bond acceptors (Lipinski definition) is 18. The molecule has 114 heavy (non-hydrogen) atoms. The summed E-state index contributed by atoms with van der Waals surface area (Å²) >= 11 is 0. The second-order valence-electron chi connectivity index (χ2n) is 34.5. The maximum atomic E-state index is 13.5. The third-order valence-corrected chi connectivity index (χ3v) is 24.2. The molecule has 3 fully saturated rings. The minimum Gasteiger partial charge on any atom is -0.394 e. The first-order valence-electron chi connectivity index (χ1n) is 48.2. The number of carbonyl (C=O) groups excluding carboxylic acids is 1. The van der Waals surface area contributed by atoms with E-state index in [1.807, 2.05) is 6.08 Å². The normalized spacial score (nSPS) is 24.8. The van der Waals surface area contributed by atoms with Gasteiger partial charge in [0.25, 0.3) is 0 Å². The summed E-state index contributed by atoms with van der Waals surface area (Å²) in [5.41, 5.74) is 0. The second kappa shape index (κ2) is 74.8. The van der Waals surface area contributed by atoms with Gasteiger partial charge in [0.05, 0.1) is 38.6 Å². The van der Waals surface area contributed by atoms with Gasteiger partial charge in [0.1, 0.15) is 73.2 Å². The number of rotatable bonds is 80. The van der Waals surface area contributed by atoms with Crippen LogP contribution >= 0.6 is 0 Å². The molecular formula is C95H179NO18. The van der Waals surface area contributed by atoms with Crippen molar-refractivity contribution < 1.29 is 89.4 Å². The molecule has 3 rings (SSSR count). The SMILES string of the molecule is CCCCCCCCCCCCCCCCCCCCCC/C=C/CC/C=C/CC/C=C/C(O)C(COC1OC(CO)C(OC2OC(CO)C(OC3OC(CO)C(O)C(O)C3O)C(O)C2O)C(O)C1O)NC(=O)CCCCCCCCCCCCCCCCCCCCCCCCCCCCCCCCCCCCCCCCC. The molecule has 19 nitrogen and oxygen atoms in total. The number of aliphatic hydroxyl groups excluding tert-OH is 11. The quantitative estimate of drug-likeness (QED) is 0.0199. The molecular weight excluding hydrogens is 1440 g/mol. The number of aliphatic hydroxyl groups is 11. The Hall–Kier alpha value is -1.99. The van der Waals surface area contributed by atoms with Crippen LogP contribution < -0.4 is 5.32 Å². The van der Waals surface area contributed by atoms with Crippen molar-refractivity contribution in [1.29, 1.82) is 0 Å². The van der Waals surface area contributed by atoms with Gasteiger partial charge < -0.3 is 89.9 Å². The van der Waals surface area contributed by atoms with Crippen LogP contribution in [0.1, 0.15) is 431 Å². The summed E-state index contributed by atoms with van der Waals surface area (Å²) in [7, 11) is 0. The number of hydrogen-bond donors (Lipinski definition) is 12. The molecule has 3 saturated heterocycles. The highest BCUT2D eigenvalue weighted by molar-refractivity contribution is 5.76. The lowest BCUT2D eigenvalue weighted by Crippen LogP contribution is -2.66. The molecule has 1 amide bonds. The molecule has 19 heteroatoms. The standard InChI is InChI=1S/C95H179NO18/c1-3-5-7-9-11-13-15-17-19-21-23-25-27-29-31-33-35-36-37-38-39-40-41-42-43-45-47-49-51-53-55-57-59-61-63-65-67-69-71-73-83(101)96-78(79(100)72-70-68-66-64-62-60-58-56-54-52-50-48-46-44-34-32-30-28-26-24-22-20-18-16-14-12-10-8-6-4-2)77-109-93-89(107)86(104)91(81(75-98)111-93)114-95-90(108)87(105)92(82(76-99)112-95)113-94-88(106)85(103)84(102)80(74-97)110-94/h54,56,62,64,70,72,78-82,84-95,97-100,102-108H,3-53,55,57-61,63,65-69,71,73-77H2,1-2H3,(H,96,101)/b56-54+,64-62+,72-70+. The van der Waals surface area contributed by atoms with Crippen molar-refractivity contribution in [2.24, 2.45) is 0 Å². The molecule has 0 aromatic rings. The Morgan fingerprint density at radius 1 is 0.307 bits per heavy atom. The van der Waals surface area contributed by atoms with Gasteiger partial charge in [0, 0.05) is 6.42 Å². The van der Waals surface area contributed by atoms with Crippen LogP contribution in [0, 0.1) is 0 Å². The molecule has 3 heterocycles. The monoisotopic (exact) mass is 1620 g/mol. The molecule has 3 aliphatic heterocycles. The van der Waals surface area contributed by atoms with Crippen molar-refractivity contribution in [2.75, 3.05) is 26.4 Å². The van der Waals surface area contributed by atoms with Crippen molar-refractivity contribution >= 4 is 5.91 Å². The van der Waals surface area contributed by atoms with Gasteiger partial charge in [-0.2, -0.15) is 0 Å². The van der Waals surface area contributed by atoms with E-state index in [4.69, 9.17) is 28.4 Å². The van der Waals surface area contributed by atoms with Crippen molar-refractivity contribution in [2.45, 2.75) is 535 Å². The average molecular weight is 1620 g/mol. The Labute approximate surface area is 695 Å². The molecule has 0 spiro atoms. The van der Waals surface area contributed by atoms with E-state index in [2.05, 4.69) is 43.5 Å². The van der Waals surface area contributed by atoms with Gasteiger partial charge in [0.15, 0.2) is 18.9 Å². The highest BCUT2D eigenvalue weighted by Crippen LogP contribution is 2.34. The Bertz CT molecular complexity index is 2190. The van der Waals surface area contributed by atoms with Gasteiger partial charge in [-0.15, -0.1) is 0 Å². The Kier molecular flexibility index (Phi) is 69.7. The minimum atomic E-state index is -1.98. The highest BCUT2D eigenvalue weighted by Gasteiger charge is 2.54. The highest BCUT2D eigenvalue weighted by atomic mass is 16.8. The van der Waals surface area contributed by atoms with E-state index in [0.717, 1.165) is 44.9 Å². The smallest absolute Gasteiger partial charge is 0.220 e. The Morgan fingerprint density at radius 3 is 0.877 bits per heavy atom. The number of nitrogens with one attached hydrogen (secondary N) is 1.